The summed E-state index contributed by atoms with van der Waals surface area (Å²) in [6.07, 6.45) is 0.641. The van der Waals surface area contributed by atoms with E-state index in [1.165, 1.54) is 6.92 Å². The highest BCUT2D eigenvalue weighted by atomic mass is 16.5. The summed E-state index contributed by atoms with van der Waals surface area (Å²) in [7, 11) is 0. The molecule has 6 heteroatoms. The van der Waals surface area contributed by atoms with Gasteiger partial charge in [-0.3, -0.25) is 9.59 Å². The first-order valence-corrected chi connectivity index (χ1v) is 6.59. The normalized spacial score (nSPS) is 11.7. The quantitative estimate of drug-likeness (QED) is 0.702. The number of rotatable bonds is 9. The maximum Gasteiger partial charge on any atom is 0.320 e. The van der Waals surface area contributed by atoms with E-state index in [4.69, 9.17) is 15.6 Å². The van der Waals surface area contributed by atoms with Gasteiger partial charge in [-0.1, -0.05) is 12.1 Å². The number of hydrogen-bond acceptors (Lipinski definition) is 5. The highest BCUT2D eigenvalue weighted by Crippen LogP contribution is 2.13. The maximum atomic E-state index is 11.4. The summed E-state index contributed by atoms with van der Waals surface area (Å²) < 4.78 is 5.30. The van der Waals surface area contributed by atoms with Crippen molar-refractivity contribution in [1.82, 2.24) is 0 Å². The van der Waals surface area contributed by atoms with E-state index in [1.807, 2.05) is 0 Å². The maximum absolute atomic E-state index is 11.4. The molecule has 0 saturated heterocycles. The average molecular weight is 293 g/mol. The predicted molar refractivity (Wildman–Crippen MR) is 76.2 cm³/mol. The van der Waals surface area contributed by atoms with Gasteiger partial charge in [0.25, 0.3) is 0 Å². The van der Waals surface area contributed by atoms with Crippen molar-refractivity contribution < 1.29 is 24.2 Å². The molecule has 0 unspecified atom stereocenters. The Morgan fingerprint density at radius 1 is 1.19 bits per heavy atom. The second kappa shape index (κ2) is 8.16. The fourth-order valence-electron chi connectivity index (χ4n) is 1.61. The third-order valence-electron chi connectivity index (χ3n) is 2.85. The molecule has 0 fully saturated rings. The number of carbonyl (C=O) groups excluding carboxylic acids is 2. The van der Waals surface area contributed by atoms with Crippen molar-refractivity contribution in [3.8, 4) is 5.75 Å². The van der Waals surface area contributed by atoms with Crippen LogP contribution in [0.4, 0.5) is 0 Å². The molecule has 1 atom stereocenters. The monoisotopic (exact) mass is 293 g/mol. The van der Waals surface area contributed by atoms with Gasteiger partial charge in [-0.2, -0.15) is 0 Å². The predicted octanol–water partition coefficient (Wildman–Crippen LogP) is 0.958. The Morgan fingerprint density at radius 2 is 1.81 bits per heavy atom. The summed E-state index contributed by atoms with van der Waals surface area (Å²) in [4.78, 5) is 32.8. The molecule has 6 nitrogen and oxygen atoms in total. The van der Waals surface area contributed by atoms with Crippen molar-refractivity contribution in [2.45, 2.75) is 32.2 Å². The van der Waals surface area contributed by atoms with E-state index in [-0.39, 0.29) is 37.4 Å². The summed E-state index contributed by atoms with van der Waals surface area (Å²) >= 11 is 0. The Labute approximate surface area is 122 Å². The lowest BCUT2D eigenvalue weighted by molar-refractivity contribution is -0.138. The van der Waals surface area contributed by atoms with Crippen molar-refractivity contribution in [2.24, 2.45) is 5.73 Å². The first kappa shape index (κ1) is 16.8. The lowest BCUT2D eigenvalue weighted by atomic mass is 10.1. The van der Waals surface area contributed by atoms with Gasteiger partial charge >= 0.3 is 5.97 Å². The molecule has 0 aliphatic heterocycles. The van der Waals surface area contributed by atoms with Crippen LogP contribution < -0.4 is 10.5 Å². The van der Waals surface area contributed by atoms with Crippen LogP contribution in [0.5, 0.6) is 5.75 Å². The third-order valence-corrected chi connectivity index (χ3v) is 2.85. The number of ketones is 2. The smallest absolute Gasteiger partial charge is 0.320 e. The number of ether oxygens (including phenoxy) is 1. The molecule has 1 aromatic carbocycles. The van der Waals surface area contributed by atoms with E-state index in [0.717, 1.165) is 5.56 Å². The average Bonchev–Trinajstić information content (AvgIpc) is 2.44. The number of nitrogens with two attached hydrogens (primary N) is 1. The second-order valence-corrected chi connectivity index (χ2v) is 4.82. The van der Waals surface area contributed by atoms with Gasteiger partial charge in [-0.05, 0) is 31.0 Å². The van der Waals surface area contributed by atoms with Crippen LogP contribution in [0.2, 0.25) is 0 Å². The molecule has 0 amide bonds. The third kappa shape index (κ3) is 6.67. The van der Waals surface area contributed by atoms with Gasteiger partial charge in [0.05, 0.1) is 0 Å². The SMILES string of the molecule is CC(=O)CCC(=O)COc1ccc(C[C@H](N)C(=O)O)cc1. The standard InChI is InChI=1S/C15H19NO5/c1-10(17)2-5-12(18)9-21-13-6-3-11(4-7-13)8-14(16)15(19)20/h3-4,6-7,14H,2,5,8-9,16H2,1H3,(H,19,20)/t14-/m0/s1. The Bertz CT molecular complexity index is 509. The van der Waals surface area contributed by atoms with Crippen LogP contribution in [-0.4, -0.2) is 35.3 Å². The molecule has 0 radical (unpaired) electrons. The van der Waals surface area contributed by atoms with E-state index in [9.17, 15) is 14.4 Å². The molecule has 0 heterocycles. The van der Waals surface area contributed by atoms with Crippen LogP contribution in [0.15, 0.2) is 24.3 Å². The molecule has 21 heavy (non-hydrogen) atoms. The summed E-state index contributed by atoms with van der Waals surface area (Å²) in [6.45, 7) is 1.36. The van der Waals surface area contributed by atoms with Crippen molar-refractivity contribution in [1.29, 1.82) is 0 Å². The minimum absolute atomic E-state index is 0.0255. The van der Waals surface area contributed by atoms with E-state index in [1.54, 1.807) is 24.3 Å². The van der Waals surface area contributed by atoms with Crippen molar-refractivity contribution in [2.75, 3.05) is 6.61 Å². The van der Waals surface area contributed by atoms with Crippen LogP contribution in [0.1, 0.15) is 25.3 Å². The molecule has 0 aliphatic rings. The number of benzene rings is 1. The van der Waals surface area contributed by atoms with Crippen LogP contribution >= 0.6 is 0 Å². The van der Waals surface area contributed by atoms with Gasteiger partial charge in [0.2, 0.25) is 0 Å². The Kier molecular flexibility index (Phi) is 6.55. The fourth-order valence-corrected chi connectivity index (χ4v) is 1.61. The van der Waals surface area contributed by atoms with Gasteiger partial charge in [0.1, 0.15) is 24.2 Å². The molecule has 0 bridgehead atoms. The van der Waals surface area contributed by atoms with Crippen molar-refractivity contribution in [3.63, 3.8) is 0 Å². The largest absolute Gasteiger partial charge is 0.486 e. The Morgan fingerprint density at radius 3 is 2.33 bits per heavy atom. The molecule has 1 aromatic rings. The lowest BCUT2D eigenvalue weighted by Crippen LogP contribution is -2.32. The zero-order valence-electron chi connectivity index (χ0n) is 11.9. The van der Waals surface area contributed by atoms with Gasteiger partial charge in [0.15, 0.2) is 5.78 Å². The highest BCUT2D eigenvalue weighted by molar-refractivity contribution is 5.85. The van der Waals surface area contributed by atoms with E-state index in [2.05, 4.69) is 0 Å². The summed E-state index contributed by atoms with van der Waals surface area (Å²) in [5.74, 6) is -0.699. The highest BCUT2D eigenvalue weighted by Gasteiger charge is 2.12. The molecular formula is C15H19NO5. The Hall–Kier alpha value is -2.21. The minimum atomic E-state index is -1.05. The fraction of sp³-hybridized carbons (Fsp3) is 0.400. The van der Waals surface area contributed by atoms with Crippen LogP contribution in [0, 0.1) is 0 Å². The first-order chi connectivity index (χ1) is 9.88. The van der Waals surface area contributed by atoms with E-state index < -0.39 is 12.0 Å². The molecule has 0 aliphatic carbocycles. The molecule has 114 valence electrons. The number of carbonyl (C=O) groups is 3. The van der Waals surface area contributed by atoms with E-state index in [0.29, 0.717) is 5.75 Å². The van der Waals surface area contributed by atoms with Gasteiger partial charge < -0.3 is 20.4 Å². The van der Waals surface area contributed by atoms with Gasteiger partial charge in [0, 0.05) is 12.8 Å². The first-order valence-electron chi connectivity index (χ1n) is 6.59. The number of aliphatic carboxylic acids is 1. The number of Topliss-reactive ketones (excluding diaryl/α,β-unsaturated/α-hetero) is 2. The zero-order chi connectivity index (χ0) is 15.8. The molecular weight excluding hydrogens is 274 g/mol. The topological polar surface area (TPSA) is 107 Å². The zero-order valence-corrected chi connectivity index (χ0v) is 11.9. The number of carboxylic acid groups (broad SMARTS) is 1. The van der Waals surface area contributed by atoms with Crippen molar-refractivity contribution >= 4 is 17.5 Å². The minimum Gasteiger partial charge on any atom is -0.486 e. The molecule has 3 N–H and O–H groups in total. The molecule has 0 spiro atoms. The summed E-state index contributed by atoms with van der Waals surface area (Å²) in [6, 6.07) is 5.78. The van der Waals surface area contributed by atoms with Gasteiger partial charge in [-0.25, -0.2) is 0 Å². The second-order valence-electron chi connectivity index (χ2n) is 4.82. The van der Waals surface area contributed by atoms with Crippen LogP contribution in [0.25, 0.3) is 0 Å². The lowest BCUT2D eigenvalue weighted by Gasteiger charge is -2.08. The number of hydrogen-bond donors (Lipinski definition) is 2. The summed E-state index contributed by atoms with van der Waals surface area (Å²) in [5, 5.41) is 8.72. The van der Waals surface area contributed by atoms with Crippen LogP contribution in [-0.2, 0) is 20.8 Å². The molecule has 1 rings (SSSR count). The summed E-state index contributed by atoms with van der Waals surface area (Å²) in [5.41, 5.74) is 6.22. The van der Waals surface area contributed by atoms with E-state index >= 15 is 0 Å². The van der Waals surface area contributed by atoms with Crippen LogP contribution in [0.3, 0.4) is 0 Å². The molecule has 0 saturated carbocycles. The van der Waals surface area contributed by atoms with Crippen molar-refractivity contribution in [3.05, 3.63) is 29.8 Å². The number of carboxylic acids is 1. The Balaban J connectivity index is 2.42. The van der Waals surface area contributed by atoms with Gasteiger partial charge in [-0.15, -0.1) is 0 Å². The molecule has 0 aromatic heterocycles.